The molecule has 0 aliphatic rings. The van der Waals surface area contributed by atoms with E-state index in [1.807, 2.05) is 0 Å². The normalized spacial score (nSPS) is 9.90. The Kier molecular flexibility index (Phi) is 2.30. The second-order valence-corrected chi connectivity index (χ2v) is 3.14. The van der Waals surface area contributed by atoms with Crippen molar-refractivity contribution in [1.82, 2.24) is 4.98 Å². The topological polar surface area (TPSA) is 38.9 Å². The Hall–Kier alpha value is -0.100. The zero-order valence-electron chi connectivity index (χ0n) is 4.74. The van der Waals surface area contributed by atoms with Crippen molar-refractivity contribution in [3.63, 3.8) is 0 Å². The fourth-order valence-electron chi connectivity index (χ4n) is 0.459. The number of nitrogens with two attached hydrogens (primary N) is 1. The monoisotopic (exact) mass is 272 g/mol. The standard InChI is InChI=1S/C5H3ClFIN2/c6-5-4(9)3(7)2(8)1-10-5/h1H,9H2. The van der Waals surface area contributed by atoms with E-state index in [-0.39, 0.29) is 10.8 Å². The molecule has 0 amide bonds. The fourth-order valence-corrected chi connectivity index (χ4v) is 1.02. The molecule has 0 unspecified atom stereocenters. The molecule has 0 bridgehead atoms. The van der Waals surface area contributed by atoms with Crippen LogP contribution in [0.1, 0.15) is 0 Å². The van der Waals surface area contributed by atoms with Crippen LogP contribution in [0.5, 0.6) is 0 Å². The van der Waals surface area contributed by atoms with Crippen LogP contribution in [-0.4, -0.2) is 4.98 Å². The number of nitrogens with zero attached hydrogens (tertiary/aromatic N) is 1. The lowest BCUT2D eigenvalue weighted by Crippen LogP contribution is -1.96. The van der Waals surface area contributed by atoms with Crippen molar-refractivity contribution < 1.29 is 4.39 Å². The second-order valence-electron chi connectivity index (χ2n) is 1.62. The molecular weight excluding hydrogens is 269 g/mol. The van der Waals surface area contributed by atoms with Gasteiger partial charge in [-0.3, -0.25) is 0 Å². The Morgan fingerprint density at radius 3 is 2.80 bits per heavy atom. The predicted octanol–water partition coefficient (Wildman–Crippen LogP) is 2.06. The molecule has 0 aliphatic carbocycles. The molecule has 54 valence electrons. The van der Waals surface area contributed by atoms with E-state index >= 15 is 0 Å². The highest BCUT2D eigenvalue weighted by Gasteiger charge is 2.07. The van der Waals surface area contributed by atoms with E-state index in [4.69, 9.17) is 17.3 Å². The van der Waals surface area contributed by atoms with Crippen molar-refractivity contribution in [3.8, 4) is 0 Å². The van der Waals surface area contributed by atoms with Crippen LogP contribution in [0.15, 0.2) is 6.20 Å². The first kappa shape index (κ1) is 8.00. The molecule has 0 spiro atoms. The Morgan fingerprint density at radius 2 is 2.30 bits per heavy atom. The maximum Gasteiger partial charge on any atom is 0.164 e. The SMILES string of the molecule is Nc1c(Cl)ncc(I)c1F. The lowest BCUT2D eigenvalue weighted by molar-refractivity contribution is 0.623. The van der Waals surface area contributed by atoms with Crippen molar-refractivity contribution in [2.45, 2.75) is 0 Å². The number of hydrogen-bond acceptors (Lipinski definition) is 2. The summed E-state index contributed by atoms with van der Waals surface area (Å²) in [5.41, 5.74) is 5.12. The van der Waals surface area contributed by atoms with Gasteiger partial charge in [-0.2, -0.15) is 0 Å². The van der Waals surface area contributed by atoms with E-state index in [0.29, 0.717) is 3.57 Å². The van der Waals surface area contributed by atoms with Crippen LogP contribution in [-0.2, 0) is 0 Å². The van der Waals surface area contributed by atoms with Crippen LogP contribution in [0, 0.1) is 9.39 Å². The third-order valence-corrected chi connectivity index (χ3v) is 2.01. The smallest absolute Gasteiger partial charge is 0.164 e. The van der Waals surface area contributed by atoms with Gasteiger partial charge in [0.15, 0.2) is 11.0 Å². The second kappa shape index (κ2) is 2.87. The number of hydrogen-bond donors (Lipinski definition) is 1. The Bertz CT molecular complexity index is 239. The van der Waals surface area contributed by atoms with Gasteiger partial charge < -0.3 is 5.73 Å². The first-order valence-electron chi connectivity index (χ1n) is 2.38. The van der Waals surface area contributed by atoms with E-state index in [2.05, 4.69) is 4.98 Å². The first-order valence-corrected chi connectivity index (χ1v) is 3.83. The summed E-state index contributed by atoms with van der Waals surface area (Å²) in [6, 6.07) is 0. The van der Waals surface area contributed by atoms with Crippen LogP contribution in [0.25, 0.3) is 0 Å². The lowest BCUT2D eigenvalue weighted by atomic mass is 10.4. The maximum absolute atomic E-state index is 12.7. The van der Waals surface area contributed by atoms with Gasteiger partial charge in [-0.15, -0.1) is 0 Å². The number of anilines is 1. The van der Waals surface area contributed by atoms with Crippen molar-refractivity contribution in [2.75, 3.05) is 5.73 Å². The highest BCUT2D eigenvalue weighted by molar-refractivity contribution is 14.1. The summed E-state index contributed by atoms with van der Waals surface area (Å²) in [7, 11) is 0. The van der Waals surface area contributed by atoms with Crippen molar-refractivity contribution in [1.29, 1.82) is 0 Å². The minimum atomic E-state index is -0.499. The van der Waals surface area contributed by atoms with E-state index in [9.17, 15) is 4.39 Å². The number of nitrogen functional groups attached to an aromatic ring is 1. The highest BCUT2D eigenvalue weighted by atomic mass is 127. The van der Waals surface area contributed by atoms with Gasteiger partial charge in [-0.05, 0) is 22.6 Å². The van der Waals surface area contributed by atoms with Crippen molar-refractivity contribution >= 4 is 39.9 Å². The van der Waals surface area contributed by atoms with E-state index in [0.717, 1.165) is 0 Å². The molecule has 1 heterocycles. The van der Waals surface area contributed by atoms with Gasteiger partial charge in [0.2, 0.25) is 0 Å². The maximum atomic E-state index is 12.7. The number of halogens is 3. The molecule has 0 saturated heterocycles. The zero-order valence-corrected chi connectivity index (χ0v) is 7.65. The summed E-state index contributed by atoms with van der Waals surface area (Å²) >= 11 is 7.20. The molecule has 1 aromatic rings. The van der Waals surface area contributed by atoms with Crippen LogP contribution in [0.4, 0.5) is 10.1 Å². The summed E-state index contributed by atoms with van der Waals surface area (Å²) in [4.78, 5) is 3.63. The molecule has 2 nitrogen and oxygen atoms in total. The summed E-state index contributed by atoms with van der Waals surface area (Å²) in [6.07, 6.45) is 1.33. The van der Waals surface area contributed by atoms with Gasteiger partial charge in [0.1, 0.15) is 5.69 Å². The number of pyridine rings is 1. The molecule has 0 fully saturated rings. The van der Waals surface area contributed by atoms with E-state index < -0.39 is 5.82 Å². The van der Waals surface area contributed by atoms with Gasteiger partial charge in [0.25, 0.3) is 0 Å². The molecule has 0 radical (unpaired) electrons. The molecule has 2 N–H and O–H groups in total. The van der Waals surface area contributed by atoms with E-state index in [1.165, 1.54) is 6.20 Å². The third-order valence-electron chi connectivity index (χ3n) is 0.960. The average molecular weight is 272 g/mol. The first-order chi connectivity index (χ1) is 4.63. The van der Waals surface area contributed by atoms with Crippen LogP contribution < -0.4 is 5.73 Å². The van der Waals surface area contributed by atoms with Gasteiger partial charge >= 0.3 is 0 Å². The molecule has 0 aromatic carbocycles. The van der Waals surface area contributed by atoms with Crippen LogP contribution in [0.2, 0.25) is 5.15 Å². The zero-order chi connectivity index (χ0) is 7.72. The molecule has 1 aromatic heterocycles. The van der Waals surface area contributed by atoms with Crippen molar-refractivity contribution in [3.05, 3.63) is 20.7 Å². The minimum absolute atomic E-state index is 0.0120. The molecule has 5 heteroatoms. The van der Waals surface area contributed by atoms with Crippen molar-refractivity contribution in [2.24, 2.45) is 0 Å². The summed E-state index contributed by atoms with van der Waals surface area (Å²) in [5.74, 6) is -0.499. The highest BCUT2D eigenvalue weighted by Crippen LogP contribution is 2.22. The predicted molar refractivity (Wildman–Crippen MR) is 46.3 cm³/mol. The average Bonchev–Trinajstić information content (AvgIpc) is 1.93. The summed E-state index contributed by atoms with van der Waals surface area (Å²) in [5, 5.41) is 0.0120. The Balaban J connectivity index is 3.34. The van der Waals surface area contributed by atoms with Gasteiger partial charge in [-0.25, -0.2) is 9.37 Å². The third kappa shape index (κ3) is 1.32. The van der Waals surface area contributed by atoms with E-state index in [1.54, 1.807) is 22.6 Å². The Morgan fingerprint density at radius 1 is 1.70 bits per heavy atom. The fraction of sp³-hybridized carbons (Fsp3) is 0. The van der Waals surface area contributed by atoms with Gasteiger partial charge in [0.05, 0.1) is 3.57 Å². The minimum Gasteiger partial charge on any atom is -0.394 e. The molecule has 0 saturated carbocycles. The molecular formula is C5H3ClFIN2. The molecule has 0 aliphatic heterocycles. The quantitative estimate of drug-likeness (QED) is 0.580. The largest absolute Gasteiger partial charge is 0.394 e. The van der Waals surface area contributed by atoms with Gasteiger partial charge in [-0.1, -0.05) is 11.6 Å². The Labute approximate surface area is 75.7 Å². The van der Waals surface area contributed by atoms with Gasteiger partial charge in [0, 0.05) is 6.20 Å². The summed E-state index contributed by atoms with van der Waals surface area (Å²) < 4.78 is 13.1. The lowest BCUT2D eigenvalue weighted by Gasteiger charge is -1.98. The summed E-state index contributed by atoms with van der Waals surface area (Å²) in [6.45, 7) is 0. The van der Waals surface area contributed by atoms with Crippen LogP contribution >= 0.6 is 34.2 Å². The number of aromatic nitrogens is 1. The molecule has 0 atom stereocenters. The molecule has 1 rings (SSSR count). The molecule has 10 heavy (non-hydrogen) atoms. The van der Waals surface area contributed by atoms with Crippen LogP contribution in [0.3, 0.4) is 0 Å². The number of rotatable bonds is 0.